The summed E-state index contributed by atoms with van der Waals surface area (Å²) in [6.45, 7) is 6.50. The molecule has 1 atom stereocenters. The third kappa shape index (κ3) is 2.73. The summed E-state index contributed by atoms with van der Waals surface area (Å²) in [7, 11) is 0. The van der Waals surface area contributed by atoms with Crippen molar-refractivity contribution in [3.8, 4) is 0 Å². The molecule has 0 amide bonds. The maximum atomic E-state index is 9.49. The highest BCUT2D eigenvalue weighted by atomic mass is 35.5. The van der Waals surface area contributed by atoms with E-state index in [1.807, 2.05) is 24.3 Å². The van der Waals surface area contributed by atoms with Gasteiger partial charge >= 0.3 is 0 Å². The first-order valence-electron chi connectivity index (χ1n) is 4.79. The topological polar surface area (TPSA) is 20.2 Å². The zero-order valence-electron chi connectivity index (χ0n) is 8.92. The monoisotopic (exact) mass is 212 g/mol. The summed E-state index contributed by atoms with van der Waals surface area (Å²) in [5.41, 5.74) is 2.31. The van der Waals surface area contributed by atoms with Gasteiger partial charge < -0.3 is 5.11 Å². The lowest BCUT2D eigenvalue weighted by Gasteiger charge is -2.19. The summed E-state index contributed by atoms with van der Waals surface area (Å²) < 4.78 is 0. The standard InChI is InChI=1S/C12H17ClO/c1-12(2,3)10-6-4-9(5-7-10)11(14)8-13/h4-7,11,14H,8H2,1-3H3/t11-/m0/s1. The van der Waals surface area contributed by atoms with Gasteiger partial charge in [0, 0.05) is 0 Å². The predicted molar refractivity (Wildman–Crippen MR) is 60.8 cm³/mol. The molecule has 0 fully saturated rings. The van der Waals surface area contributed by atoms with E-state index in [1.54, 1.807) is 0 Å². The highest BCUT2D eigenvalue weighted by Gasteiger charge is 2.13. The normalized spacial score (nSPS) is 14.1. The van der Waals surface area contributed by atoms with Gasteiger partial charge in [-0.3, -0.25) is 0 Å². The lowest BCUT2D eigenvalue weighted by molar-refractivity contribution is 0.202. The molecule has 0 heterocycles. The summed E-state index contributed by atoms with van der Waals surface area (Å²) in [4.78, 5) is 0. The van der Waals surface area contributed by atoms with Crippen molar-refractivity contribution >= 4 is 11.6 Å². The van der Waals surface area contributed by atoms with Crippen LogP contribution in [0.1, 0.15) is 38.0 Å². The molecule has 0 aliphatic carbocycles. The van der Waals surface area contributed by atoms with Gasteiger partial charge in [0.1, 0.15) is 0 Å². The highest BCUT2D eigenvalue weighted by molar-refractivity contribution is 6.18. The van der Waals surface area contributed by atoms with Crippen molar-refractivity contribution < 1.29 is 5.11 Å². The lowest BCUT2D eigenvalue weighted by Crippen LogP contribution is -2.11. The summed E-state index contributed by atoms with van der Waals surface area (Å²) in [5, 5.41) is 9.49. The van der Waals surface area contributed by atoms with Gasteiger partial charge in [-0.1, -0.05) is 45.0 Å². The molecule has 0 saturated heterocycles. The fraction of sp³-hybridized carbons (Fsp3) is 0.500. The molecule has 2 heteroatoms. The van der Waals surface area contributed by atoms with Crippen molar-refractivity contribution in [2.75, 3.05) is 5.88 Å². The Hall–Kier alpha value is -0.530. The average molecular weight is 213 g/mol. The Bertz CT molecular complexity index is 284. The molecule has 0 bridgehead atoms. The van der Waals surface area contributed by atoms with Crippen LogP contribution in [0.25, 0.3) is 0 Å². The Balaban J connectivity index is 2.89. The first-order chi connectivity index (χ1) is 6.45. The van der Waals surface area contributed by atoms with Crippen molar-refractivity contribution in [2.45, 2.75) is 32.3 Å². The van der Waals surface area contributed by atoms with Crippen molar-refractivity contribution in [1.29, 1.82) is 0 Å². The van der Waals surface area contributed by atoms with Gasteiger partial charge in [0.2, 0.25) is 0 Å². The first kappa shape index (κ1) is 11.5. The van der Waals surface area contributed by atoms with Gasteiger partial charge in [0.15, 0.2) is 0 Å². The number of aliphatic hydroxyl groups is 1. The van der Waals surface area contributed by atoms with E-state index in [1.165, 1.54) is 5.56 Å². The molecule has 1 rings (SSSR count). The van der Waals surface area contributed by atoms with Crippen LogP contribution in [0.3, 0.4) is 0 Å². The zero-order valence-corrected chi connectivity index (χ0v) is 9.67. The Labute approximate surface area is 90.7 Å². The molecule has 78 valence electrons. The lowest BCUT2D eigenvalue weighted by atomic mass is 9.86. The van der Waals surface area contributed by atoms with Crippen molar-refractivity contribution in [3.63, 3.8) is 0 Å². The molecule has 0 aromatic heterocycles. The zero-order chi connectivity index (χ0) is 10.8. The number of hydrogen-bond acceptors (Lipinski definition) is 1. The summed E-state index contributed by atoms with van der Waals surface area (Å²) in [5.74, 6) is 0.245. The van der Waals surface area contributed by atoms with Gasteiger partial charge in [-0.2, -0.15) is 0 Å². The second kappa shape index (κ2) is 4.33. The number of alkyl halides is 1. The maximum Gasteiger partial charge on any atom is 0.0925 e. The van der Waals surface area contributed by atoms with E-state index < -0.39 is 6.10 Å². The molecule has 0 unspecified atom stereocenters. The second-order valence-corrected chi connectivity index (χ2v) is 4.85. The highest BCUT2D eigenvalue weighted by Crippen LogP contribution is 2.24. The molecule has 0 aliphatic heterocycles. The summed E-state index contributed by atoms with van der Waals surface area (Å²) in [6.07, 6.45) is -0.550. The molecule has 0 saturated carbocycles. The third-order valence-electron chi connectivity index (χ3n) is 2.31. The smallest absolute Gasteiger partial charge is 0.0925 e. The van der Waals surface area contributed by atoms with Crippen LogP contribution < -0.4 is 0 Å². The van der Waals surface area contributed by atoms with E-state index in [-0.39, 0.29) is 11.3 Å². The molecule has 1 aromatic rings. The molecule has 0 aliphatic rings. The first-order valence-corrected chi connectivity index (χ1v) is 5.33. The van der Waals surface area contributed by atoms with Crippen molar-refractivity contribution in [2.24, 2.45) is 0 Å². The minimum absolute atomic E-state index is 0.157. The van der Waals surface area contributed by atoms with E-state index in [0.717, 1.165) is 5.56 Å². The van der Waals surface area contributed by atoms with E-state index in [0.29, 0.717) is 0 Å². The van der Waals surface area contributed by atoms with Crippen molar-refractivity contribution in [3.05, 3.63) is 35.4 Å². The minimum atomic E-state index is -0.550. The average Bonchev–Trinajstić information content (AvgIpc) is 2.15. The van der Waals surface area contributed by atoms with Gasteiger partial charge in [-0.25, -0.2) is 0 Å². The molecular weight excluding hydrogens is 196 g/mol. The van der Waals surface area contributed by atoms with Crippen LogP contribution in [0.2, 0.25) is 0 Å². The van der Waals surface area contributed by atoms with Gasteiger partial charge in [-0.15, -0.1) is 11.6 Å². The Morgan fingerprint density at radius 1 is 1.21 bits per heavy atom. The summed E-state index contributed by atoms with van der Waals surface area (Å²) in [6, 6.07) is 7.97. The van der Waals surface area contributed by atoms with Crippen LogP contribution in [0.5, 0.6) is 0 Å². The van der Waals surface area contributed by atoms with Crippen LogP contribution >= 0.6 is 11.6 Å². The van der Waals surface area contributed by atoms with Gasteiger partial charge in [-0.05, 0) is 16.5 Å². The Morgan fingerprint density at radius 3 is 2.07 bits per heavy atom. The molecule has 1 aromatic carbocycles. The second-order valence-electron chi connectivity index (χ2n) is 4.54. The number of aliphatic hydroxyl groups excluding tert-OH is 1. The third-order valence-corrected chi connectivity index (χ3v) is 2.60. The molecule has 0 spiro atoms. The molecular formula is C12H17ClO. The van der Waals surface area contributed by atoms with Crippen LogP contribution in [-0.2, 0) is 5.41 Å². The van der Waals surface area contributed by atoms with Gasteiger partial charge in [0.25, 0.3) is 0 Å². The Kier molecular flexibility index (Phi) is 3.57. The largest absolute Gasteiger partial charge is 0.387 e. The number of benzene rings is 1. The maximum absolute atomic E-state index is 9.49. The van der Waals surface area contributed by atoms with Crippen LogP contribution in [0.4, 0.5) is 0 Å². The van der Waals surface area contributed by atoms with Crippen molar-refractivity contribution in [1.82, 2.24) is 0 Å². The SMILES string of the molecule is CC(C)(C)c1ccc([C@@H](O)CCl)cc1. The molecule has 0 radical (unpaired) electrons. The van der Waals surface area contributed by atoms with E-state index >= 15 is 0 Å². The molecule has 1 nitrogen and oxygen atoms in total. The number of halogens is 1. The van der Waals surface area contributed by atoms with E-state index in [4.69, 9.17) is 11.6 Å². The van der Waals surface area contributed by atoms with E-state index in [2.05, 4.69) is 20.8 Å². The van der Waals surface area contributed by atoms with Gasteiger partial charge in [0.05, 0.1) is 12.0 Å². The Morgan fingerprint density at radius 2 is 1.71 bits per heavy atom. The quantitative estimate of drug-likeness (QED) is 0.747. The molecule has 14 heavy (non-hydrogen) atoms. The minimum Gasteiger partial charge on any atom is -0.387 e. The number of rotatable bonds is 2. The van der Waals surface area contributed by atoms with Crippen LogP contribution in [-0.4, -0.2) is 11.0 Å². The number of hydrogen-bond donors (Lipinski definition) is 1. The fourth-order valence-electron chi connectivity index (χ4n) is 1.29. The summed E-state index contributed by atoms with van der Waals surface area (Å²) >= 11 is 5.57. The van der Waals surface area contributed by atoms with Crippen LogP contribution in [0.15, 0.2) is 24.3 Å². The van der Waals surface area contributed by atoms with E-state index in [9.17, 15) is 5.11 Å². The predicted octanol–water partition coefficient (Wildman–Crippen LogP) is 3.26. The molecule has 1 N–H and O–H groups in total. The van der Waals surface area contributed by atoms with Crippen LogP contribution in [0, 0.1) is 0 Å². The fourth-order valence-corrected chi connectivity index (χ4v) is 1.47.